The van der Waals surface area contributed by atoms with Crippen LogP contribution >= 0.6 is 0 Å². The molecule has 1 aliphatic carbocycles. The van der Waals surface area contributed by atoms with E-state index in [0.717, 1.165) is 55.7 Å². The van der Waals surface area contributed by atoms with Crippen LogP contribution in [-0.2, 0) is 5.41 Å². The third-order valence-corrected chi connectivity index (χ3v) is 10.2. The minimum atomic E-state index is -0.136. The van der Waals surface area contributed by atoms with Gasteiger partial charge in [-0.1, -0.05) is 153 Å². The zero-order chi connectivity index (χ0) is 34.1. The molecule has 0 radical (unpaired) electrons. The quantitative estimate of drug-likeness (QED) is 0.188. The standard InChI is InChI=1S/C46H31N3O2/c1-46(2)36-20-9-8-17-35(36)40-37(46)26-27-39-42(40)51-41-33(18-11-21-38(41)50-39)29-22-24-31(25-23-29)44-47-43(30-13-4-3-5-14-30)48-45(49-44)34-19-10-15-28-12-6-7-16-32(28)34/h3-27H,1-2H3. The minimum absolute atomic E-state index is 0.136. The van der Waals surface area contributed by atoms with Gasteiger partial charge in [0.2, 0.25) is 0 Å². The Kier molecular flexibility index (Phi) is 6.46. The molecule has 1 aliphatic heterocycles. The molecule has 0 spiro atoms. The second-order valence-electron chi connectivity index (χ2n) is 13.6. The number of rotatable bonds is 4. The molecular weight excluding hydrogens is 627 g/mol. The normalized spacial score (nSPS) is 13.4. The molecule has 10 rings (SSSR count). The smallest absolute Gasteiger partial charge is 0.178 e. The van der Waals surface area contributed by atoms with E-state index in [9.17, 15) is 0 Å². The molecule has 1 aromatic heterocycles. The fraction of sp³-hybridized carbons (Fsp3) is 0.0652. The second-order valence-corrected chi connectivity index (χ2v) is 13.6. The predicted molar refractivity (Wildman–Crippen MR) is 203 cm³/mol. The van der Waals surface area contributed by atoms with Gasteiger partial charge in [-0.2, -0.15) is 0 Å². The zero-order valence-corrected chi connectivity index (χ0v) is 28.1. The van der Waals surface area contributed by atoms with E-state index in [4.69, 9.17) is 24.4 Å². The molecule has 0 bridgehead atoms. The fourth-order valence-corrected chi connectivity index (χ4v) is 7.64. The van der Waals surface area contributed by atoms with E-state index in [1.54, 1.807) is 0 Å². The van der Waals surface area contributed by atoms with Crippen LogP contribution in [0.1, 0.15) is 25.0 Å². The lowest BCUT2D eigenvalue weighted by Gasteiger charge is -2.26. The summed E-state index contributed by atoms with van der Waals surface area (Å²) >= 11 is 0. The summed E-state index contributed by atoms with van der Waals surface area (Å²) in [6.45, 7) is 4.55. The molecule has 0 saturated carbocycles. The first kappa shape index (κ1) is 29.3. The maximum absolute atomic E-state index is 6.88. The van der Waals surface area contributed by atoms with Crippen LogP contribution in [0.2, 0.25) is 0 Å². The maximum Gasteiger partial charge on any atom is 0.178 e. The van der Waals surface area contributed by atoms with Crippen LogP contribution in [0.5, 0.6) is 23.0 Å². The molecule has 0 amide bonds. The molecule has 0 N–H and O–H groups in total. The number of hydrogen-bond donors (Lipinski definition) is 0. The summed E-state index contributed by atoms with van der Waals surface area (Å²) in [7, 11) is 0. The van der Waals surface area contributed by atoms with Crippen LogP contribution < -0.4 is 9.47 Å². The highest BCUT2D eigenvalue weighted by Gasteiger charge is 2.39. The Morgan fingerprint density at radius 3 is 1.86 bits per heavy atom. The van der Waals surface area contributed by atoms with Gasteiger partial charge in [0.25, 0.3) is 0 Å². The molecule has 51 heavy (non-hydrogen) atoms. The van der Waals surface area contributed by atoms with E-state index < -0.39 is 0 Å². The van der Waals surface area contributed by atoms with Crippen LogP contribution in [0, 0.1) is 0 Å². The molecule has 0 atom stereocenters. The Bertz CT molecular complexity index is 2660. The van der Waals surface area contributed by atoms with Crippen molar-refractivity contribution < 1.29 is 9.47 Å². The third-order valence-electron chi connectivity index (χ3n) is 10.2. The van der Waals surface area contributed by atoms with Gasteiger partial charge < -0.3 is 9.47 Å². The number of nitrogens with zero attached hydrogens (tertiary/aromatic N) is 3. The number of para-hydroxylation sites is 1. The summed E-state index contributed by atoms with van der Waals surface area (Å²) in [4.78, 5) is 15.0. The van der Waals surface area contributed by atoms with Crippen molar-refractivity contribution in [3.8, 4) is 79.4 Å². The van der Waals surface area contributed by atoms with Gasteiger partial charge in [0.05, 0.1) is 0 Å². The molecule has 2 heterocycles. The first-order valence-electron chi connectivity index (χ1n) is 17.2. The van der Waals surface area contributed by atoms with Gasteiger partial charge in [0.1, 0.15) is 0 Å². The Labute approximate surface area is 295 Å². The van der Waals surface area contributed by atoms with E-state index in [1.165, 1.54) is 16.7 Å². The van der Waals surface area contributed by atoms with E-state index in [2.05, 4.69) is 105 Å². The van der Waals surface area contributed by atoms with Crippen molar-refractivity contribution in [2.24, 2.45) is 0 Å². The monoisotopic (exact) mass is 657 g/mol. The van der Waals surface area contributed by atoms with Crippen molar-refractivity contribution in [3.63, 3.8) is 0 Å². The van der Waals surface area contributed by atoms with E-state index in [0.29, 0.717) is 29.0 Å². The molecule has 2 aliphatic rings. The van der Waals surface area contributed by atoms with Gasteiger partial charge in [0, 0.05) is 33.2 Å². The lowest BCUT2D eigenvalue weighted by Crippen LogP contribution is -2.15. The highest BCUT2D eigenvalue weighted by Crippen LogP contribution is 2.59. The molecule has 7 aromatic carbocycles. The average Bonchev–Trinajstić information content (AvgIpc) is 3.43. The van der Waals surface area contributed by atoms with Crippen molar-refractivity contribution in [2.45, 2.75) is 19.3 Å². The van der Waals surface area contributed by atoms with E-state index in [-0.39, 0.29) is 5.41 Å². The van der Waals surface area contributed by atoms with Gasteiger partial charge in [0.15, 0.2) is 40.5 Å². The number of benzene rings is 7. The van der Waals surface area contributed by atoms with Crippen LogP contribution in [-0.4, -0.2) is 15.0 Å². The van der Waals surface area contributed by atoms with Crippen molar-refractivity contribution >= 4 is 10.8 Å². The SMILES string of the molecule is CC1(C)c2ccccc2-c2c1ccc1c2Oc2c(cccc2-c2ccc(-c3nc(-c4ccccc4)nc(-c4cccc5ccccc45)n3)cc2)O1. The first-order valence-corrected chi connectivity index (χ1v) is 17.2. The minimum Gasteiger partial charge on any atom is -0.449 e. The number of aromatic nitrogens is 3. The lowest BCUT2D eigenvalue weighted by atomic mass is 9.82. The largest absolute Gasteiger partial charge is 0.449 e. The first-order chi connectivity index (χ1) is 25.0. The van der Waals surface area contributed by atoms with Gasteiger partial charge in [-0.3, -0.25) is 0 Å². The topological polar surface area (TPSA) is 57.1 Å². The summed E-state index contributed by atoms with van der Waals surface area (Å²) in [5.41, 5.74) is 9.45. The van der Waals surface area contributed by atoms with Gasteiger partial charge >= 0.3 is 0 Å². The number of fused-ring (bicyclic) bond motifs is 7. The molecule has 0 unspecified atom stereocenters. The zero-order valence-electron chi connectivity index (χ0n) is 28.1. The summed E-state index contributed by atoms with van der Waals surface area (Å²) in [5.74, 6) is 4.77. The van der Waals surface area contributed by atoms with Crippen LogP contribution in [0.25, 0.3) is 67.2 Å². The van der Waals surface area contributed by atoms with E-state index in [1.807, 2.05) is 60.7 Å². The Morgan fingerprint density at radius 1 is 0.412 bits per heavy atom. The highest BCUT2D eigenvalue weighted by molar-refractivity contribution is 5.95. The van der Waals surface area contributed by atoms with Crippen molar-refractivity contribution in [2.75, 3.05) is 0 Å². The second kappa shape index (κ2) is 11.2. The summed E-state index contributed by atoms with van der Waals surface area (Å²) in [5, 5.41) is 2.24. The predicted octanol–water partition coefficient (Wildman–Crippen LogP) is 11.9. The van der Waals surface area contributed by atoms with E-state index >= 15 is 0 Å². The average molecular weight is 658 g/mol. The molecule has 5 nitrogen and oxygen atoms in total. The Hall–Kier alpha value is -6.59. The summed E-state index contributed by atoms with van der Waals surface area (Å²) < 4.78 is 13.4. The molecular formula is C46H31N3O2. The maximum atomic E-state index is 6.88. The molecule has 0 fully saturated rings. The van der Waals surface area contributed by atoms with Crippen molar-refractivity contribution in [1.29, 1.82) is 0 Å². The molecule has 5 heteroatoms. The lowest BCUT2D eigenvalue weighted by molar-refractivity contribution is 0.361. The number of ether oxygens (including phenoxy) is 2. The highest BCUT2D eigenvalue weighted by atomic mass is 16.6. The Morgan fingerprint density at radius 2 is 1.02 bits per heavy atom. The van der Waals surface area contributed by atoms with Crippen molar-refractivity contribution in [3.05, 3.63) is 163 Å². The fourth-order valence-electron chi connectivity index (χ4n) is 7.64. The molecule has 8 aromatic rings. The molecule has 0 saturated heterocycles. The Balaban J connectivity index is 1.06. The van der Waals surface area contributed by atoms with Crippen LogP contribution in [0.15, 0.2) is 152 Å². The third kappa shape index (κ3) is 4.66. The van der Waals surface area contributed by atoms with Gasteiger partial charge in [-0.05, 0) is 45.2 Å². The van der Waals surface area contributed by atoms with Gasteiger partial charge in [-0.25, -0.2) is 15.0 Å². The van der Waals surface area contributed by atoms with Crippen LogP contribution in [0.3, 0.4) is 0 Å². The van der Waals surface area contributed by atoms with Gasteiger partial charge in [-0.15, -0.1) is 0 Å². The molecule has 242 valence electrons. The van der Waals surface area contributed by atoms with Crippen molar-refractivity contribution in [1.82, 2.24) is 15.0 Å². The summed E-state index contributed by atoms with van der Waals surface area (Å²) in [6.07, 6.45) is 0. The van der Waals surface area contributed by atoms with Crippen LogP contribution in [0.4, 0.5) is 0 Å². The number of hydrogen-bond acceptors (Lipinski definition) is 5. The summed E-state index contributed by atoms with van der Waals surface area (Å²) in [6, 6.07) is 51.8.